The highest BCUT2D eigenvalue weighted by molar-refractivity contribution is 7.89. The van der Waals surface area contributed by atoms with Gasteiger partial charge in [-0.2, -0.15) is 4.31 Å². The molecular formula is C22H29FN4O3S. The van der Waals surface area contributed by atoms with Crippen molar-refractivity contribution in [1.29, 1.82) is 0 Å². The third-order valence-electron chi connectivity index (χ3n) is 5.52. The predicted molar refractivity (Wildman–Crippen MR) is 121 cm³/mol. The maximum Gasteiger partial charge on any atom is 0.258 e. The van der Waals surface area contributed by atoms with Crippen molar-refractivity contribution in [2.75, 3.05) is 56.5 Å². The number of carbonyl (C=O) groups excluding carboxylic acids is 1. The summed E-state index contributed by atoms with van der Waals surface area (Å²) < 4.78 is 41.5. The Morgan fingerprint density at radius 2 is 1.71 bits per heavy atom. The first-order valence-corrected chi connectivity index (χ1v) is 11.9. The smallest absolute Gasteiger partial charge is 0.258 e. The molecule has 0 saturated carbocycles. The second kappa shape index (κ2) is 9.76. The molecule has 0 spiro atoms. The summed E-state index contributed by atoms with van der Waals surface area (Å²) >= 11 is 0. The zero-order chi connectivity index (χ0) is 22.6. The Labute approximate surface area is 183 Å². The first-order chi connectivity index (χ1) is 14.8. The Kier molecular flexibility index (Phi) is 7.30. The molecule has 1 N–H and O–H groups in total. The summed E-state index contributed by atoms with van der Waals surface area (Å²) in [7, 11) is -1.67. The van der Waals surface area contributed by atoms with Crippen LogP contribution in [0.15, 0.2) is 47.4 Å². The van der Waals surface area contributed by atoms with E-state index in [-0.39, 0.29) is 10.5 Å². The Bertz CT molecular complexity index is 1030. The summed E-state index contributed by atoms with van der Waals surface area (Å²) in [6.07, 6.45) is 0. The average Bonchev–Trinajstić information content (AvgIpc) is 2.75. The maximum absolute atomic E-state index is 14.1. The molecule has 0 unspecified atom stereocenters. The molecule has 2 aromatic carbocycles. The number of hydrogen-bond acceptors (Lipinski definition) is 5. The summed E-state index contributed by atoms with van der Waals surface area (Å²) in [5, 5.41) is 2.75. The van der Waals surface area contributed by atoms with Crippen molar-refractivity contribution >= 4 is 27.3 Å². The number of amides is 1. The van der Waals surface area contributed by atoms with Gasteiger partial charge in [-0.1, -0.05) is 26.0 Å². The van der Waals surface area contributed by atoms with Crippen molar-refractivity contribution in [2.45, 2.75) is 18.7 Å². The largest absolute Gasteiger partial charge is 0.367 e. The van der Waals surface area contributed by atoms with Crippen LogP contribution in [0.1, 0.15) is 24.2 Å². The lowest BCUT2D eigenvalue weighted by molar-refractivity contribution is 0.102. The van der Waals surface area contributed by atoms with E-state index in [1.54, 1.807) is 32.0 Å². The predicted octanol–water partition coefficient (Wildman–Crippen LogP) is 2.86. The van der Waals surface area contributed by atoms with Gasteiger partial charge in [0, 0.05) is 39.3 Å². The summed E-state index contributed by atoms with van der Waals surface area (Å²) in [5.41, 5.74) is 0.978. The molecule has 0 aliphatic carbocycles. The number of carbonyl (C=O) groups is 1. The van der Waals surface area contributed by atoms with Crippen molar-refractivity contribution < 1.29 is 17.6 Å². The van der Waals surface area contributed by atoms with Gasteiger partial charge in [0.15, 0.2) is 0 Å². The zero-order valence-electron chi connectivity index (χ0n) is 18.1. The lowest BCUT2D eigenvalue weighted by atomic mass is 10.1. The topological polar surface area (TPSA) is 73.0 Å². The summed E-state index contributed by atoms with van der Waals surface area (Å²) in [5.74, 6) is -1.25. The fraction of sp³-hybridized carbons (Fsp3) is 0.409. The summed E-state index contributed by atoms with van der Waals surface area (Å²) in [6, 6.07) is 10.5. The van der Waals surface area contributed by atoms with Crippen LogP contribution in [0, 0.1) is 5.82 Å². The van der Waals surface area contributed by atoms with Gasteiger partial charge in [-0.25, -0.2) is 12.8 Å². The van der Waals surface area contributed by atoms with Gasteiger partial charge in [-0.15, -0.1) is 0 Å². The van der Waals surface area contributed by atoms with Crippen LogP contribution in [0.4, 0.5) is 15.8 Å². The van der Waals surface area contributed by atoms with Crippen LogP contribution in [-0.4, -0.2) is 69.8 Å². The van der Waals surface area contributed by atoms with Crippen LogP contribution in [0.3, 0.4) is 0 Å². The van der Waals surface area contributed by atoms with Crippen LogP contribution in [0.2, 0.25) is 0 Å². The minimum Gasteiger partial charge on any atom is -0.367 e. The van der Waals surface area contributed by atoms with E-state index in [9.17, 15) is 17.6 Å². The first kappa shape index (κ1) is 23.2. The lowest BCUT2D eigenvalue weighted by Crippen LogP contribution is -2.44. The maximum atomic E-state index is 14.1. The molecule has 168 valence electrons. The van der Waals surface area contributed by atoms with Gasteiger partial charge in [0.2, 0.25) is 10.0 Å². The van der Waals surface area contributed by atoms with Gasteiger partial charge >= 0.3 is 0 Å². The van der Waals surface area contributed by atoms with Gasteiger partial charge in [0.1, 0.15) is 5.82 Å². The minimum absolute atomic E-state index is 0.0937. The number of benzene rings is 2. The fourth-order valence-electron chi connectivity index (χ4n) is 3.65. The Morgan fingerprint density at radius 1 is 1.06 bits per heavy atom. The second-order valence-electron chi connectivity index (χ2n) is 7.49. The molecule has 0 bridgehead atoms. The van der Waals surface area contributed by atoms with E-state index in [0.29, 0.717) is 18.8 Å². The van der Waals surface area contributed by atoms with E-state index in [1.165, 1.54) is 28.6 Å². The molecule has 1 amide bonds. The SMILES string of the molecule is CCN(CC)S(=O)(=O)c1ccc(N2CCN(C)CC2)c(NC(=O)c2ccccc2F)c1. The average molecular weight is 449 g/mol. The molecule has 31 heavy (non-hydrogen) atoms. The monoisotopic (exact) mass is 448 g/mol. The molecule has 1 aliphatic heterocycles. The molecule has 0 radical (unpaired) electrons. The van der Waals surface area contributed by atoms with Crippen molar-refractivity contribution in [3.8, 4) is 0 Å². The molecule has 1 saturated heterocycles. The highest BCUT2D eigenvalue weighted by Crippen LogP contribution is 2.31. The van der Waals surface area contributed by atoms with E-state index in [1.807, 2.05) is 7.05 Å². The third-order valence-corrected chi connectivity index (χ3v) is 7.57. The summed E-state index contributed by atoms with van der Waals surface area (Å²) in [6.45, 7) is 7.41. The number of anilines is 2. The number of piperazine rings is 1. The van der Waals surface area contributed by atoms with Gasteiger partial charge in [0.05, 0.1) is 21.8 Å². The summed E-state index contributed by atoms with van der Waals surface area (Å²) in [4.78, 5) is 17.2. The molecular weight excluding hydrogens is 419 g/mol. The number of nitrogens with zero attached hydrogens (tertiary/aromatic N) is 3. The van der Waals surface area contributed by atoms with Crippen molar-refractivity contribution in [3.63, 3.8) is 0 Å². The number of sulfonamides is 1. The van der Waals surface area contributed by atoms with Crippen molar-refractivity contribution in [3.05, 3.63) is 53.8 Å². The highest BCUT2D eigenvalue weighted by atomic mass is 32.2. The Balaban J connectivity index is 2.01. The van der Waals surface area contributed by atoms with E-state index in [4.69, 9.17) is 0 Å². The fourth-order valence-corrected chi connectivity index (χ4v) is 5.13. The first-order valence-electron chi connectivity index (χ1n) is 10.4. The number of nitrogens with one attached hydrogen (secondary N) is 1. The minimum atomic E-state index is -3.71. The normalized spacial score (nSPS) is 15.3. The van der Waals surface area contributed by atoms with Crippen molar-refractivity contribution in [1.82, 2.24) is 9.21 Å². The van der Waals surface area contributed by atoms with Crippen LogP contribution in [-0.2, 0) is 10.0 Å². The molecule has 2 aromatic rings. The molecule has 1 aliphatic rings. The van der Waals surface area contributed by atoms with Gasteiger partial charge in [0.25, 0.3) is 5.91 Å². The number of hydrogen-bond donors (Lipinski definition) is 1. The van der Waals surface area contributed by atoms with E-state index in [0.717, 1.165) is 31.9 Å². The standard InChI is InChI=1S/C22H29FN4O3S/c1-4-27(5-2)31(29,30)17-10-11-21(26-14-12-25(3)13-15-26)20(16-17)24-22(28)18-8-6-7-9-19(18)23/h6-11,16H,4-5,12-15H2,1-3H3,(H,24,28). The lowest BCUT2D eigenvalue weighted by Gasteiger charge is -2.35. The molecule has 0 aromatic heterocycles. The van der Waals surface area contributed by atoms with Crippen molar-refractivity contribution in [2.24, 2.45) is 0 Å². The third kappa shape index (κ3) is 5.06. The van der Waals surface area contributed by atoms with Gasteiger partial charge in [-0.05, 0) is 37.4 Å². The van der Waals surface area contributed by atoms with Crippen LogP contribution >= 0.6 is 0 Å². The highest BCUT2D eigenvalue weighted by Gasteiger charge is 2.25. The number of halogens is 1. The molecule has 0 atom stereocenters. The zero-order valence-corrected chi connectivity index (χ0v) is 19.0. The number of likely N-dealkylation sites (N-methyl/N-ethyl adjacent to an activating group) is 1. The Morgan fingerprint density at radius 3 is 2.32 bits per heavy atom. The van der Waals surface area contributed by atoms with Gasteiger partial charge < -0.3 is 15.1 Å². The van der Waals surface area contributed by atoms with Crippen LogP contribution in [0.5, 0.6) is 0 Å². The quantitative estimate of drug-likeness (QED) is 0.705. The number of rotatable bonds is 7. The molecule has 3 rings (SSSR count). The second-order valence-corrected chi connectivity index (χ2v) is 9.43. The molecule has 7 nitrogen and oxygen atoms in total. The van der Waals surface area contributed by atoms with E-state index in [2.05, 4.69) is 15.1 Å². The Hall–Kier alpha value is -2.49. The van der Waals surface area contributed by atoms with Gasteiger partial charge in [-0.3, -0.25) is 4.79 Å². The van der Waals surface area contributed by atoms with Crippen LogP contribution < -0.4 is 10.2 Å². The molecule has 9 heteroatoms. The van der Waals surface area contributed by atoms with E-state index < -0.39 is 21.7 Å². The molecule has 1 heterocycles. The van der Waals surface area contributed by atoms with E-state index >= 15 is 0 Å². The van der Waals surface area contributed by atoms with Crippen LogP contribution in [0.25, 0.3) is 0 Å². The molecule has 1 fully saturated rings.